The van der Waals surface area contributed by atoms with E-state index in [1.165, 1.54) is 0 Å². The summed E-state index contributed by atoms with van der Waals surface area (Å²) in [6, 6.07) is 0. The standard InChI is InChI=1S/C6H13IN2/c1-6(2)9(7)5-4-8-3/h8H,1,4-5H2,2-3H3. The van der Waals surface area contributed by atoms with Crippen LogP contribution in [0.3, 0.4) is 0 Å². The third-order valence-corrected chi connectivity index (χ3v) is 2.28. The van der Waals surface area contributed by atoms with Crippen LogP contribution in [0.5, 0.6) is 0 Å². The smallest absolute Gasteiger partial charge is 0.0588 e. The minimum Gasteiger partial charge on any atom is -0.318 e. The maximum Gasteiger partial charge on any atom is 0.0588 e. The van der Waals surface area contributed by atoms with Crippen molar-refractivity contribution in [3.05, 3.63) is 12.3 Å². The summed E-state index contributed by atoms with van der Waals surface area (Å²) in [6.07, 6.45) is 0. The first kappa shape index (κ1) is 9.23. The molecule has 0 aliphatic heterocycles. The first-order valence-corrected chi connectivity index (χ1v) is 3.88. The number of halogens is 1. The van der Waals surface area contributed by atoms with Gasteiger partial charge in [0.25, 0.3) is 0 Å². The van der Waals surface area contributed by atoms with E-state index in [1.807, 2.05) is 14.0 Å². The minimum atomic E-state index is 1.01. The van der Waals surface area contributed by atoms with Gasteiger partial charge in [-0.05, 0) is 14.0 Å². The first-order valence-electron chi connectivity index (χ1n) is 2.92. The van der Waals surface area contributed by atoms with Crippen molar-refractivity contribution in [3.8, 4) is 0 Å². The second-order valence-electron chi connectivity index (χ2n) is 1.92. The molecule has 54 valence electrons. The van der Waals surface area contributed by atoms with E-state index < -0.39 is 0 Å². The highest BCUT2D eigenvalue weighted by Gasteiger charge is 1.94. The van der Waals surface area contributed by atoms with Gasteiger partial charge in [0.1, 0.15) is 0 Å². The fraction of sp³-hybridized carbons (Fsp3) is 0.667. The van der Waals surface area contributed by atoms with Gasteiger partial charge in [0, 0.05) is 18.8 Å². The molecule has 0 saturated carbocycles. The number of allylic oxidation sites excluding steroid dienone is 1. The summed E-state index contributed by atoms with van der Waals surface area (Å²) in [5, 5.41) is 3.07. The predicted octanol–water partition coefficient (Wildman–Crippen LogP) is 1.39. The van der Waals surface area contributed by atoms with Crippen LogP contribution in [0, 0.1) is 0 Å². The van der Waals surface area contributed by atoms with Crippen molar-refractivity contribution in [2.75, 3.05) is 20.1 Å². The van der Waals surface area contributed by atoms with Crippen molar-refractivity contribution in [1.82, 2.24) is 8.43 Å². The number of hydrogen-bond acceptors (Lipinski definition) is 2. The van der Waals surface area contributed by atoms with Crippen molar-refractivity contribution < 1.29 is 0 Å². The van der Waals surface area contributed by atoms with E-state index in [9.17, 15) is 0 Å². The van der Waals surface area contributed by atoms with Gasteiger partial charge in [-0.15, -0.1) is 0 Å². The maximum atomic E-state index is 3.80. The highest BCUT2D eigenvalue weighted by molar-refractivity contribution is 14.1. The van der Waals surface area contributed by atoms with Crippen LogP contribution in [0.4, 0.5) is 0 Å². The molecule has 0 aromatic carbocycles. The molecule has 0 fully saturated rings. The van der Waals surface area contributed by atoms with Gasteiger partial charge in [-0.1, -0.05) is 6.58 Å². The highest BCUT2D eigenvalue weighted by Crippen LogP contribution is 2.05. The first-order chi connectivity index (χ1) is 4.18. The van der Waals surface area contributed by atoms with Gasteiger partial charge in [-0.25, -0.2) is 0 Å². The van der Waals surface area contributed by atoms with Gasteiger partial charge < -0.3 is 8.43 Å². The highest BCUT2D eigenvalue weighted by atomic mass is 127. The van der Waals surface area contributed by atoms with Gasteiger partial charge in [0.05, 0.1) is 22.9 Å². The SMILES string of the molecule is C=C(C)N(I)CCNC. The number of nitrogens with one attached hydrogen (secondary N) is 1. The molecule has 0 aromatic heterocycles. The Morgan fingerprint density at radius 1 is 1.78 bits per heavy atom. The Kier molecular flexibility index (Phi) is 5.18. The Balaban J connectivity index is 3.27. The van der Waals surface area contributed by atoms with E-state index in [0.717, 1.165) is 18.8 Å². The summed E-state index contributed by atoms with van der Waals surface area (Å²) >= 11 is 2.25. The van der Waals surface area contributed by atoms with Gasteiger partial charge in [-0.3, -0.25) is 0 Å². The third-order valence-electron chi connectivity index (χ3n) is 0.972. The Labute approximate surface area is 70.8 Å². The lowest BCUT2D eigenvalue weighted by Gasteiger charge is -2.14. The Morgan fingerprint density at radius 3 is 2.67 bits per heavy atom. The Bertz CT molecular complexity index is 93.1. The van der Waals surface area contributed by atoms with Crippen LogP contribution in [-0.4, -0.2) is 23.3 Å². The molecular weight excluding hydrogens is 227 g/mol. The van der Waals surface area contributed by atoms with E-state index >= 15 is 0 Å². The predicted molar refractivity (Wildman–Crippen MR) is 49.5 cm³/mol. The van der Waals surface area contributed by atoms with E-state index in [2.05, 4.69) is 37.9 Å². The molecule has 0 bridgehead atoms. The molecule has 0 aliphatic rings. The average molecular weight is 240 g/mol. The average Bonchev–Trinajstić information content (AvgIpc) is 1.82. The molecule has 0 spiro atoms. The molecule has 9 heavy (non-hydrogen) atoms. The van der Waals surface area contributed by atoms with Crippen LogP contribution in [-0.2, 0) is 0 Å². The summed E-state index contributed by atoms with van der Waals surface area (Å²) in [5.41, 5.74) is 1.10. The van der Waals surface area contributed by atoms with Crippen molar-refractivity contribution in [1.29, 1.82) is 0 Å². The normalized spacial score (nSPS) is 9.22. The lowest BCUT2D eigenvalue weighted by molar-refractivity contribution is 0.591. The van der Waals surface area contributed by atoms with Gasteiger partial charge in [0.15, 0.2) is 0 Å². The second-order valence-corrected chi connectivity index (χ2v) is 3.09. The number of nitrogens with zero attached hydrogens (tertiary/aromatic N) is 1. The number of rotatable bonds is 4. The van der Waals surface area contributed by atoms with Crippen molar-refractivity contribution in [2.45, 2.75) is 6.92 Å². The van der Waals surface area contributed by atoms with Gasteiger partial charge >= 0.3 is 0 Å². The second kappa shape index (κ2) is 5.05. The van der Waals surface area contributed by atoms with Crippen LogP contribution in [0.25, 0.3) is 0 Å². The third kappa shape index (κ3) is 4.72. The molecule has 0 aliphatic carbocycles. The minimum absolute atomic E-state index is 1.01. The maximum absolute atomic E-state index is 3.80. The van der Waals surface area contributed by atoms with E-state index in [1.54, 1.807) is 0 Å². The number of hydrogen-bond donors (Lipinski definition) is 1. The molecular formula is C6H13IN2. The summed E-state index contributed by atoms with van der Waals surface area (Å²) in [4.78, 5) is 0. The molecule has 0 amide bonds. The summed E-state index contributed by atoms with van der Waals surface area (Å²) < 4.78 is 2.09. The topological polar surface area (TPSA) is 15.3 Å². The zero-order chi connectivity index (χ0) is 7.28. The van der Waals surface area contributed by atoms with Gasteiger partial charge in [0.2, 0.25) is 0 Å². The number of likely N-dealkylation sites (N-methyl/N-ethyl adjacent to an activating group) is 1. The lowest BCUT2D eigenvalue weighted by Crippen LogP contribution is -2.21. The van der Waals surface area contributed by atoms with E-state index in [0.29, 0.717) is 0 Å². The van der Waals surface area contributed by atoms with Crippen LogP contribution in [0.15, 0.2) is 12.3 Å². The van der Waals surface area contributed by atoms with Crippen molar-refractivity contribution >= 4 is 22.9 Å². The van der Waals surface area contributed by atoms with E-state index in [-0.39, 0.29) is 0 Å². The zero-order valence-corrected chi connectivity index (χ0v) is 8.10. The molecule has 0 atom stereocenters. The quantitative estimate of drug-likeness (QED) is 0.590. The Hall–Kier alpha value is 0.230. The van der Waals surface area contributed by atoms with Crippen molar-refractivity contribution in [3.63, 3.8) is 0 Å². The summed E-state index contributed by atoms with van der Waals surface area (Å²) in [6.45, 7) is 7.83. The molecule has 0 aromatic rings. The molecule has 1 N–H and O–H groups in total. The van der Waals surface area contributed by atoms with Crippen molar-refractivity contribution in [2.24, 2.45) is 0 Å². The molecule has 0 unspecified atom stereocenters. The Morgan fingerprint density at radius 2 is 2.33 bits per heavy atom. The van der Waals surface area contributed by atoms with E-state index in [4.69, 9.17) is 0 Å². The lowest BCUT2D eigenvalue weighted by atomic mass is 10.5. The molecule has 0 heterocycles. The fourth-order valence-corrected chi connectivity index (χ4v) is 0.642. The van der Waals surface area contributed by atoms with Crippen LogP contribution >= 0.6 is 22.9 Å². The van der Waals surface area contributed by atoms with Crippen LogP contribution in [0.2, 0.25) is 0 Å². The summed E-state index contributed by atoms with van der Waals surface area (Å²) in [7, 11) is 1.95. The molecule has 0 saturated heterocycles. The van der Waals surface area contributed by atoms with Crippen LogP contribution < -0.4 is 5.32 Å². The zero-order valence-electron chi connectivity index (χ0n) is 5.95. The summed E-state index contributed by atoms with van der Waals surface area (Å²) in [5.74, 6) is 0. The monoisotopic (exact) mass is 240 g/mol. The molecule has 2 nitrogen and oxygen atoms in total. The van der Waals surface area contributed by atoms with Gasteiger partial charge in [-0.2, -0.15) is 0 Å². The molecule has 3 heteroatoms. The molecule has 0 radical (unpaired) electrons. The largest absolute Gasteiger partial charge is 0.318 e. The fourth-order valence-electron chi connectivity index (χ4n) is 0.401. The van der Waals surface area contributed by atoms with Crippen LogP contribution in [0.1, 0.15) is 6.92 Å². The molecule has 0 rings (SSSR count).